The highest BCUT2D eigenvalue weighted by Gasteiger charge is 2.26. The van der Waals surface area contributed by atoms with E-state index in [-0.39, 0.29) is 35.6 Å². The second kappa shape index (κ2) is 7.74. The first-order chi connectivity index (χ1) is 13.1. The molecule has 0 saturated heterocycles. The maximum absolute atomic E-state index is 11.5. The lowest BCUT2D eigenvalue weighted by Crippen LogP contribution is -2.08. The van der Waals surface area contributed by atoms with Crippen LogP contribution in [0, 0.1) is 10.1 Å². The maximum atomic E-state index is 11.5. The monoisotopic (exact) mass is 375 g/mol. The molecule has 1 aromatic heterocycles. The molecule has 0 fully saturated rings. The van der Waals surface area contributed by atoms with Gasteiger partial charge >= 0.3 is 5.69 Å². The minimum absolute atomic E-state index is 0.0210. The third-order valence-electron chi connectivity index (χ3n) is 3.80. The fraction of sp³-hybridized carbons (Fsp3) is 0.250. The van der Waals surface area contributed by atoms with Crippen molar-refractivity contribution in [2.45, 2.75) is 0 Å². The number of hydrogen-bond donors (Lipinski definition) is 3. The summed E-state index contributed by atoms with van der Waals surface area (Å²) in [6, 6.07) is 6.66. The van der Waals surface area contributed by atoms with Gasteiger partial charge in [0.2, 0.25) is 5.52 Å². The topological polar surface area (TPSA) is 145 Å². The number of nitrogens with one attached hydrogen (secondary N) is 2. The van der Waals surface area contributed by atoms with E-state index in [1.807, 2.05) is 0 Å². The molecule has 0 aliphatic carbocycles. The summed E-state index contributed by atoms with van der Waals surface area (Å²) in [5, 5.41) is 33.9. The number of fused-ring (bicyclic) bond motifs is 1. The first kappa shape index (κ1) is 18.2. The van der Waals surface area contributed by atoms with Gasteiger partial charge in [0, 0.05) is 12.6 Å². The number of benzene rings is 2. The molecule has 0 atom stereocenters. The number of nitrogens with zero attached hydrogens (tertiary/aromatic N) is 3. The molecule has 1 heterocycles. The number of nitro groups is 1. The van der Waals surface area contributed by atoms with E-state index >= 15 is 0 Å². The van der Waals surface area contributed by atoms with Crippen molar-refractivity contribution in [1.82, 2.24) is 10.3 Å². The summed E-state index contributed by atoms with van der Waals surface area (Å²) in [6.45, 7) is -0.0712. The standard InChI is InChI=1S/C16H17N5O6/c1-25-9-3-4-13(26-2)10(7-9)18-11-8-12(17-5-6-22)16(21(23)24)15-14(11)19-27-20-15/h3-4,7-8,17-18,22H,5-6H2,1-2H3. The van der Waals surface area contributed by atoms with E-state index in [1.54, 1.807) is 18.2 Å². The summed E-state index contributed by atoms with van der Waals surface area (Å²) >= 11 is 0. The smallest absolute Gasteiger partial charge is 0.323 e. The number of ether oxygens (including phenoxy) is 2. The lowest BCUT2D eigenvalue weighted by atomic mass is 10.1. The summed E-state index contributed by atoms with van der Waals surface area (Å²) < 4.78 is 15.3. The van der Waals surface area contributed by atoms with Gasteiger partial charge in [0.15, 0.2) is 5.52 Å². The number of nitro benzene ring substituents is 1. The molecule has 11 heteroatoms. The van der Waals surface area contributed by atoms with E-state index in [4.69, 9.17) is 19.2 Å². The van der Waals surface area contributed by atoms with E-state index in [9.17, 15) is 10.1 Å². The van der Waals surface area contributed by atoms with Gasteiger partial charge in [-0.2, -0.15) is 0 Å². The molecule has 27 heavy (non-hydrogen) atoms. The van der Waals surface area contributed by atoms with Gasteiger partial charge in [0.25, 0.3) is 0 Å². The van der Waals surface area contributed by atoms with Crippen molar-refractivity contribution < 1.29 is 24.1 Å². The average molecular weight is 375 g/mol. The van der Waals surface area contributed by atoms with Crippen LogP contribution in [-0.4, -0.2) is 47.7 Å². The molecular weight excluding hydrogens is 358 g/mol. The summed E-state index contributed by atoms with van der Waals surface area (Å²) in [6.07, 6.45) is 0. The first-order valence-electron chi connectivity index (χ1n) is 7.86. The van der Waals surface area contributed by atoms with Gasteiger partial charge in [-0.1, -0.05) is 0 Å². The number of methoxy groups -OCH3 is 2. The van der Waals surface area contributed by atoms with Gasteiger partial charge in [-0.15, -0.1) is 0 Å². The van der Waals surface area contributed by atoms with Gasteiger partial charge in [0.05, 0.1) is 37.1 Å². The Morgan fingerprint density at radius 3 is 2.59 bits per heavy atom. The minimum Gasteiger partial charge on any atom is -0.497 e. The van der Waals surface area contributed by atoms with Crippen molar-refractivity contribution in [2.75, 3.05) is 38.0 Å². The summed E-state index contributed by atoms with van der Waals surface area (Å²) in [4.78, 5) is 10.9. The van der Waals surface area contributed by atoms with Crippen molar-refractivity contribution in [3.05, 3.63) is 34.4 Å². The number of aromatic nitrogens is 2. The Kier molecular flexibility index (Phi) is 5.22. The maximum Gasteiger partial charge on any atom is 0.323 e. The molecule has 0 spiro atoms. The average Bonchev–Trinajstić information content (AvgIpc) is 3.15. The third-order valence-corrected chi connectivity index (χ3v) is 3.80. The van der Waals surface area contributed by atoms with E-state index in [0.29, 0.717) is 22.9 Å². The van der Waals surface area contributed by atoms with Crippen LogP contribution >= 0.6 is 0 Å². The predicted octanol–water partition coefficient (Wildman–Crippen LogP) is 2.30. The van der Waals surface area contributed by atoms with Crippen LogP contribution < -0.4 is 20.1 Å². The number of anilines is 3. The Balaban J connectivity index is 2.13. The Morgan fingerprint density at radius 2 is 1.93 bits per heavy atom. The molecule has 3 rings (SSSR count). The van der Waals surface area contributed by atoms with Gasteiger partial charge in [-0.3, -0.25) is 10.1 Å². The van der Waals surface area contributed by atoms with Crippen LogP contribution in [0.4, 0.5) is 22.7 Å². The molecule has 0 aliphatic heterocycles. The van der Waals surface area contributed by atoms with Crippen molar-refractivity contribution in [3.63, 3.8) is 0 Å². The van der Waals surface area contributed by atoms with Crippen molar-refractivity contribution in [2.24, 2.45) is 0 Å². The van der Waals surface area contributed by atoms with Crippen LogP contribution in [0.15, 0.2) is 28.9 Å². The fourth-order valence-corrected chi connectivity index (χ4v) is 2.59. The first-order valence-corrected chi connectivity index (χ1v) is 7.86. The molecule has 142 valence electrons. The lowest BCUT2D eigenvalue weighted by molar-refractivity contribution is -0.382. The molecule has 3 N–H and O–H groups in total. The van der Waals surface area contributed by atoms with Crippen molar-refractivity contribution >= 4 is 33.8 Å². The fourth-order valence-electron chi connectivity index (χ4n) is 2.59. The molecule has 0 amide bonds. The number of hydrogen-bond acceptors (Lipinski definition) is 10. The van der Waals surface area contributed by atoms with Crippen molar-refractivity contribution in [1.29, 1.82) is 0 Å². The highest BCUT2D eigenvalue weighted by Crippen LogP contribution is 2.39. The van der Waals surface area contributed by atoms with E-state index < -0.39 is 4.92 Å². The van der Waals surface area contributed by atoms with Gasteiger partial charge in [-0.05, 0) is 28.5 Å². The molecule has 0 saturated carbocycles. The molecular formula is C16H17N5O6. The molecule has 2 aromatic carbocycles. The Bertz CT molecular complexity index is 973. The summed E-state index contributed by atoms with van der Waals surface area (Å²) in [5.41, 5.74) is 1.00. The second-order valence-electron chi connectivity index (χ2n) is 5.38. The second-order valence-corrected chi connectivity index (χ2v) is 5.38. The quantitative estimate of drug-likeness (QED) is 0.396. The molecule has 0 radical (unpaired) electrons. The van der Waals surface area contributed by atoms with Crippen LogP contribution in [0.1, 0.15) is 0 Å². The van der Waals surface area contributed by atoms with Crippen LogP contribution in [0.5, 0.6) is 11.5 Å². The molecule has 3 aromatic rings. The van der Waals surface area contributed by atoms with E-state index in [1.165, 1.54) is 20.3 Å². The highest BCUT2D eigenvalue weighted by molar-refractivity contribution is 6.00. The zero-order valence-corrected chi connectivity index (χ0v) is 14.6. The Labute approximate surface area is 153 Å². The molecule has 0 unspecified atom stereocenters. The summed E-state index contributed by atoms with van der Waals surface area (Å²) in [7, 11) is 3.05. The van der Waals surface area contributed by atoms with Crippen LogP contribution in [-0.2, 0) is 0 Å². The zero-order chi connectivity index (χ0) is 19.4. The van der Waals surface area contributed by atoms with E-state index in [2.05, 4.69) is 20.9 Å². The number of aliphatic hydroxyl groups is 1. The number of aliphatic hydroxyl groups excluding tert-OH is 1. The highest BCUT2D eigenvalue weighted by atomic mass is 16.6. The number of rotatable bonds is 8. The predicted molar refractivity (Wildman–Crippen MR) is 96.9 cm³/mol. The summed E-state index contributed by atoms with van der Waals surface area (Å²) in [5.74, 6) is 1.12. The largest absolute Gasteiger partial charge is 0.497 e. The zero-order valence-electron chi connectivity index (χ0n) is 14.6. The van der Waals surface area contributed by atoms with Gasteiger partial charge in [-0.25, -0.2) is 4.63 Å². The Hall–Kier alpha value is -3.60. The Morgan fingerprint density at radius 1 is 1.15 bits per heavy atom. The van der Waals surface area contributed by atoms with E-state index in [0.717, 1.165) is 0 Å². The van der Waals surface area contributed by atoms with Crippen molar-refractivity contribution in [3.8, 4) is 11.5 Å². The third kappa shape index (κ3) is 3.53. The molecule has 11 nitrogen and oxygen atoms in total. The molecule has 0 aliphatic rings. The van der Waals surface area contributed by atoms with Crippen LogP contribution in [0.2, 0.25) is 0 Å². The normalized spacial score (nSPS) is 10.6. The SMILES string of the molecule is COc1ccc(OC)c(Nc2cc(NCCO)c([N+](=O)[O-])c3nonc23)c1. The van der Waals surface area contributed by atoms with Crippen LogP contribution in [0.3, 0.4) is 0 Å². The van der Waals surface area contributed by atoms with Gasteiger partial charge in [0.1, 0.15) is 17.2 Å². The van der Waals surface area contributed by atoms with Gasteiger partial charge < -0.3 is 25.2 Å². The molecule has 0 bridgehead atoms. The lowest BCUT2D eigenvalue weighted by Gasteiger charge is -2.14. The van der Waals surface area contributed by atoms with Crippen LogP contribution in [0.25, 0.3) is 11.0 Å². The minimum atomic E-state index is -0.581.